The predicted molar refractivity (Wildman–Crippen MR) is 76.7 cm³/mol. The molecule has 1 atom stereocenters. The van der Waals surface area contributed by atoms with Crippen LogP contribution in [0.4, 0.5) is 0 Å². The van der Waals surface area contributed by atoms with Crippen LogP contribution >= 0.6 is 11.6 Å². The molecule has 0 aliphatic carbocycles. The molecular weight excluding hydrogens is 302 g/mol. The lowest BCUT2D eigenvalue weighted by atomic mass is 10.2. The first-order chi connectivity index (χ1) is 9.36. The van der Waals surface area contributed by atoms with E-state index in [2.05, 4.69) is 0 Å². The largest absolute Gasteiger partial charge is 0.492 e. The third-order valence-corrected chi connectivity index (χ3v) is 5.56. The van der Waals surface area contributed by atoms with Gasteiger partial charge in [0.2, 0.25) is 10.0 Å². The lowest BCUT2D eigenvalue weighted by Crippen LogP contribution is -2.30. The number of nitrogens with zero attached hydrogens (tertiary/aromatic N) is 1. The Labute approximate surface area is 124 Å². The summed E-state index contributed by atoms with van der Waals surface area (Å²) in [6, 6.07) is 3.05. The fraction of sp³-hybridized carbons (Fsp3) is 0.538. The van der Waals surface area contributed by atoms with Gasteiger partial charge < -0.3 is 9.84 Å². The molecule has 1 saturated heterocycles. The molecule has 1 heterocycles. The van der Waals surface area contributed by atoms with Gasteiger partial charge in [0.1, 0.15) is 10.6 Å². The topological polar surface area (TPSA) is 66.8 Å². The van der Waals surface area contributed by atoms with Crippen LogP contribution in [0.5, 0.6) is 5.75 Å². The van der Waals surface area contributed by atoms with Crippen LogP contribution in [0.25, 0.3) is 0 Å². The summed E-state index contributed by atoms with van der Waals surface area (Å²) in [5.41, 5.74) is 0.760. The van der Waals surface area contributed by atoms with Gasteiger partial charge in [0.05, 0.1) is 12.7 Å². The van der Waals surface area contributed by atoms with Crippen LogP contribution < -0.4 is 4.74 Å². The summed E-state index contributed by atoms with van der Waals surface area (Å²) in [6.45, 7) is 4.37. The molecule has 1 N–H and O–H groups in total. The van der Waals surface area contributed by atoms with Gasteiger partial charge in [-0.1, -0.05) is 11.6 Å². The van der Waals surface area contributed by atoms with Gasteiger partial charge in [-0.2, -0.15) is 4.31 Å². The molecule has 2 rings (SSSR count). The quantitative estimate of drug-likeness (QED) is 0.919. The van der Waals surface area contributed by atoms with Crippen molar-refractivity contribution in [1.29, 1.82) is 0 Å². The lowest BCUT2D eigenvalue weighted by molar-refractivity contribution is 0.189. The molecule has 1 aromatic rings. The normalized spacial score (nSPS) is 20.3. The van der Waals surface area contributed by atoms with Crippen molar-refractivity contribution in [3.63, 3.8) is 0 Å². The molecular formula is C13H18ClNO4S. The maximum Gasteiger partial charge on any atom is 0.246 e. The van der Waals surface area contributed by atoms with Crippen molar-refractivity contribution >= 4 is 21.6 Å². The van der Waals surface area contributed by atoms with Gasteiger partial charge in [-0.05, 0) is 38.0 Å². The first-order valence-electron chi connectivity index (χ1n) is 6.47. The van der Waals surface area contributed by atoms with E-state index in [1.807, 2.05) is 0 Å². The summed E-state index contributed by atoms with van der Waals surface area (Å²) in [4.78, 5) is 0.0593. The Kier molecular flexibility index (Phi) is 4.59. The van der Waals surface area contributed by atoms with E-state index in [0.717, 1.165) is 5.56 Å². The molecule has 1 unspecified atom stereocenters. The highest BCUT2D eigenvalue weighted by molar-refractivity contribution is 7.89. The van der Waals surface area contributed by atoms with Crippen LogP contribution in [0.3, 0.4) is 0 Å². The van der Waals surface area contributed by atoms with Crippen LogP contribution in [-0.2, 0) is 10.0 Å². The van der Waals surface area contributed by atoms with Gasteiger partial charge in [-0.25, -0.2) is 8.42 Å². The van der Waals surface area contributed by atoms with Gasteiger partial charge in [0, 0.05) is 18.1 Å². The Bertz CT molecular complexity index is 603. The number of rotatable bonds is 4. The lowest BCUT2D eigenvalue weighted by Gasteiger charge is -2.19. The average molecular weight is 320 g/mol. The van der Waals surface area contributed by atoms with Crippen LogP contribution in [-0.4, -0.2) is 43.6 Å². The minimum absolute atomic E-state index is 0.0593. The van der Waals surface area contributed by atoms with Crippen molar-refractivity contribution in [2.45, 2.75) is 31.3 Å². The Morgan fingerprint density at radius 1 is 1.50 bits per heavy atom. The van der Waals surface area contributed by atoms with Crippen molar-refractivity contribution in [3.05, 3.63) is 22.7 Å². The summed E-state index contributed by atoms with van der Waals surface area (Å²) >= 11 is 6.04. The van der Waals surface area contributed by atoms with E-state index in [1.54, 1.807) is 19.9 Å². The number of β-amino-alcohol motifs (C(OH)–C–C–N with tert-alkyl or cyclic N) is 1. The highest BCUT2D eigenvalue weighted by Gasteiger charge is 2.34. The van der Waals surface area contributed by atoms with Crippen molar-refractivity contribution < 1.29 is 18.3 Å². The molecule has 112 valence electrons. The zero-order chi connectivity index (χ0) is 14.9. The summed E-state index contributed by atoms with van der Waals surface area (Å²) in [5, 5.41) is 9.90. The predicted octanol–water partition coefficient (Wildman–Crippen LogP) is 1.80. The summed E-state index contributed by atoms with van der Waals surface area (Å²) in [7, 11) is -3.70. The second-order valence-electron chi connectivity index (χ2n) is 4.79. The fourth-order valence-corrected chi connectivity index (χ4v) is 4.03. The van der Waals surface area contributed by atoms with E-state index in [0.29, 0.717) is 30.3 Å². The number of halogens is 1. The van der Waals surface area contributed by atoms with E-state index in [1.165, 1.54) is 10.4 Å². The van der Waals surface area contributed by atoms with E-state index < -0.39 is 16.1 Å². The Balaban J connectivity index is 2.47. The minimum Gasteiger partial charge on any atom is -0.492 e. The monoisotopic (exact) mass is 319 g/mol. The second-order valence-corrected chi connectivity index (χ2v) is 7.10. The standard InChI is InChI=1S/C13H18ClNO4S/c1-3-19-12-6-9(2)11(14)7-13(12)20(17,18)15-5-4-10(16)8-15/h6-7,10,16H,3-5,8H2,1-2H3. The Hall–Kier alpha value is -0.820. The highest BCUT2D eigenvalue weighted by Crippen LogP contribution is 2.33. The summed E-state index contributed by atoms with van der Waals surface area (Å²) < 4.78 is 31.9. The third-order valence-electron chi connectivity index (χ3n) is 3.27. The number of hydrogen-bond acceptors (Lipinski definition) is 4. The van der Waals surface area contributed by atoms with E-state index >= 15 is 0 Å². The van der Waals surface area contributed by atoms with E-state index in [4.69, 9.17) is 16.3 Å². The zero-order valence-electron chi connectivity index (χ0n) is 11.5. The zero-order valence-corrected chi connectivity index (χ0v) is 13.0. The van der Waals surface area contributed by atoms with Gasteiger partial charge in [-0.3, -0.25) is 0 Å². The molecule has 7 heteroatoms. The maximum absolute atomic E-state index is 12.6. The van der Waals surface area contributed by atoms with Crippen LogP contribution in [0.2, 0.25) is 5.02 Å². The van der Waals surface area contributed by atoms with E-state index in [9.17, 15) is 13.5 Å². The van der Waals surface area contributed by atoms with Crippen LogP contribution in [0.1, 0.15) is 18.9 Å². The fourth-order valence-electron chi connectivity index (χ4n) is 2.17. The molecule has 0 saturated carbocycles. The molecule has 1 fully saturated rings. The molecule has 0 spiro atoms. The maximum atomic E-state index is 12.6. The molecule has 0 bridgehead atoms. The third kappa shape index (κ3) is 2.93. The number of hydrogen-bond donors (Lipinski definition) is 1. The van der Waals surface area contributed by atoms with Crippen molar-refractivity contribution in [1.82, 2.24) is 4.31 Å². The molecule has 0 radical (unpaired) electrons. The second kappa shape index (κ2) is 5.89. The van der Waals surface area contributed by atoms with Gasteiger partial charge in [-0.15, -0.1) is 0 Å². The first-order valence-corrected chi connectivity index (χ1v) is 8.29. The van der Waals surface area contributed by atoms with Gasteiger partial charge >= 0.3 is 0 Å². The molecule has 1 aromatic carbocycles. The van der Waals surface area contributed by atoms with Crippen molar-refractivity contribution in [2.75, 3.05) is 19.7 Å². The van der Waals surface area contributed by atoms with Gasteiger partial charge in [0.25, 0.3) is 0 Å². The van der Waals surface area contributed by atoms with Crippen LogP contribution in [0, 0.1) is 6.92 Å². The molecule has 1 aliphatic rings. The SMILES string of the molecule is CCOc1cc(C)c(Cl)cc1S(=O)(=O)N1CCC(O)C1. The van der Waals surface area contributed by atoms with Gasteiger partial charge in [0.15, 0.2) is 0 Å². The van der Waals surface area contributed by atoms with E-state index in [-0.39, 0.29) is 11.4 Å². The van der Waals surface area contributed by atoms with Crippen molar-refractivity contribution in [3.8, 4) is 5.75 Å². The molecule has 0 aromatic heterocycles. The molecule has 1 aliphatic heterocycles. The number of aryl methyl sites for hydroxylation is 1. The molecule has 20 heavy (non-hydrogen) atoms. The van der Waals surface area contributed by atoms with Crippen LogP contribution in [0.15, 0.2) is 17.0 Å². The highest BCUT2D eigenvalue weighted by atomic mass is 35.5. The minimum atomic E-state index is -3.70. The Morgan fingerprint density at radius 3 is 2.75 bits per heavy atom. The average Bonchev–Trinajstić information content (AvgIpc) is 2.81. The van der Waals surface area contributed by atoms with Crippen molar-refractivity contribution in [2.24, 2.45) is 0 Å². The first kappa shape index (κ1) is 15.6. The number of aliphatic hydroxyl groups is 1. The molecule has 5 nitrogen and oxygen atoms in total. The molecule has 0 amide bonds. The smallest absolute Gasteiger partial charge is 0.246 e. The number of sulfonamides is 1. The summed E-state index contributed by atoms with van der Waals surface area (Å²) in [5.74, 6) is 0.302. The Morgan fingerprint density at radius 2 is 2.20 bits per heavy atom. The number of ether oxygens (including phenoxy) is 1. The summed E-state index contributed by atoms with van der Waals surface area (Å²) in [6.07, 6.45) is -0.163. The number of benzene rings is 1. The number of aliphatic hydroxyl groups excluding tert-OH is 1.